The van der Waals surface area contributed by atoms with Crippen LogP contribution in [0.3, 0.4) is 0 Å². The topological polar surface area (TPSA) is 18.5 Å². The molecule has 1 aliphatic carbocycles. The summed E-state index contributed by atoms with van der Waals surface area (Å²) in [7, 11) is 3.15. The van der Waals surface area contributed by atoms with Crippen molar-refractivity contribution in [3.63, 3.8) is 0 Å². The molecule has 1 rings (SSSR count). The molecular weight excluding hydrogens is 223 g/mol. The minimum Gasteiger partial charge on any atom is -0.499 e. The quantitative estimate of drug-likeness (QED) is 0.687. The van der Waals surface area contributed by atoms with Gasteiger partial charge in [-0.15, -0.1) is 23.2 Å². The number of ether oxygens (including phenoxy) is 2. The fourth-order valence-electron chi connectivity index (χ4n) is 1.43. The van der Waals surface area contributed by atoms with Gasteiger partial charge >= 0.3 is 0 Å². The zero-order chi connectivity index (χ0) is 11.0. The number of alkyl halides is 2. The van der Waals surface area contributed by atoms with E-state index in [0.29, 0.717) is 11.5 Å². The predicted molar refractivity (Wildman–Crippen MR) is 58.7 cm³/mol. The van der Waals surface area contributed by atoms with Gasteiger partial charge < -0.3 is 9.47 Å². The molecule has 0 aromatic heterocycles. The summed E-state index contributed by atoms with van der Waals surface area (Å²) in [6.45, 7) is 3.66. The van der Waals surface area contributed by atoms with Crippen LogP contribution in [0.1, 0.15) is 13.8 Å². The fraction of sp³-hybridized carbons (Fsp3) is 0.600. The second-order valence-electron chi connectivity index (χ2n) is 3.58. The van der Waals surface area contributed by atoms with E-state index in [1.54, 1.807) is 26.4 Å². The second-order valence-corrected chi connectivity index (χ2v) is 5.15. The predicted octanol–water partition coefficient (Wildman–Crippen LogP) is 3.06. The van der Waals surface area contributed by atoms with E-state index in [2.05, 4.69) is 0 Å². The highest BCUT2D eigenvalue weighted by atomic mass is 35.5. The Kier molecular flexibility index (Phi) is 3.07. The van der Waals surface area contributed by atoms with Crippen LogP contribution in [-0.2, 0) is 9.47 Å². The van der Waals surface area contributed by atoms with Gasteiger partial charge in [0, 0.05) is 0 Å². The lowest BCUT2D eigenvalue weighted by Crippen LogP contribution is -2.32. The normalized spacial score (nSPS) is 37.3. The molecule has 0 amide bonds. The van der Waals surface area contributed by atoms with Gasteiger partial charge in [0.1, 0.15) is 21.3 Å². The van der Waals surface area contributed by atoms with E-state index in [9.17, 15) is 0 Å². The number of hydrogen-bond donors (Lipinski definition) is 0. The van der Waals surface area contributed by atoms with E-state index < -0.39 is 9.75 Å². The minimum absolute atomic E-state index is 0.637. The van der Waals surface area contributed by atoms with Crippen molar-refractivity contribution in [1.82, 2.24) is 0 Å². The van der Waals surface area contributed by atoms with Crippen LogP contribution in [0.4, 0.5) is 0 Å². The van der Waals surface area contributed by atoms with Crippen molar-refractivity contribution in [2.24, 2.45) is 0 Å². The first-order valence-electron chi connectivity index (χ1n) is 4.26. The maximum absolute atomic E-state index is 6.23. The second kappa shape index (κ2) is 3.67. The molecule has 0 bridgehead atoms. The summed E-state index contributed by atoms with van der Waals surface area (Å²) in [5.74, 6) is 1.27. The highest BCUT2D eigenvalue weighted by molar-refractivity contribution is 6.30. The fourth-order valence-corrected chi connectivity index (χ4v) is 1.90. The highest BCUT2D eigenvalue weighted by Crippen LogP contribution is 2.40. The number of methoxy groups -OCH3 is 2. The summed E-state index contributed by atoms with van der Waals surface area (Å²) in [4.78, 5) is -1.37. The summed E-state index contributed by atoms with van der Waals surface area (Å²) >= 11 is 12.5. The molecule has 4 heteroatoms. The Morgan fingerprint density at radius 2 is 1.21 bits per heavy atom. The Hall–Kier alpha value is -0.340. The zero-order valence-electron chi connectivity index (χ0n) is 8.73. The number of halogens is 2. The van der Waals surface area contributed by atoms with Gasteiger partial charge in [-0.2, -0.15) is 0 Å². The molecule has 0 aliphatic heterocycles. The summed E-state index contributed by atoms with van der Waals surface area (Å²) < 4.78 is 10.4. The molecular formula is C10H14Cl2O2. The highest BCUT2D eigenvalue weighted by Gasteiger charge is 2.39. The minimum atomic E-state index is -0.686. The number of hydrogen-bond acceptors (Lipinski definition) is 2. The Morgan fingerprint density at radius 3 is 1.43 bits per heavy atom. The van der Waals surface area contributed by atoms with Crippen LogP contribution >= 0.6 is 23.2 Å². The Morgan fingerprint density at radius 1 is 0.929 bits per heavy atom. The van der Waals surface area contributed by atoms with Gasteiger partial charge in [0.25, 0.3) is 0 Å². The monoisotopic (exact) mass is 236 g/mol. The molecule has 2 unspecified atom stereocenters. The first kappa shape index (κ1) is 11.7. The van der Waals surface area contributed by atoms with E-state index in [1.165, 1.54) is 0 Å². The van der Waals surface area contributed by atoms with Crippen LogP contribution in [0.15, 0.2) is 23.7 Å². The lowest BCUT2D eigenvalue weighted by molar-refractivity contribution is 0.233. The maximum Gasteiger partial charge on any atom is 0.120 e. The van der Waals surface area contributed by atoms with Crippen LogP contribution in [0, 0.1) is 0 Å². The molecule has 0 saturated heterocycles. The largest absolute Gasteiger partial charge is 0.499 e. The van der Waals surface area contributed by atoms with E-state index in [0.717, 1.165) is 0 Å². The molecule has 2 nitrogen and oxygen atoms in total. The standard InChI is InChI=1S/C10H14Cl2O2/c1-9(11)5-8(14-4)10(2,12)6-7(9)13-3/h5-6H,1-4H3. The Bertz CT molecular complexity index is 260. The molecule has 0 N–H and O–H groups in total. The van der Waals surface area contributed by atoms with E-state index in [1.807, 2.05) is 13.8 Å². The van der Waals surface area contributed by atoms with Gasteiger partial charge in [-0.05, 0) is 26.0 Å². The third-order valence-electron chi connectivity index (χ3n) is 2.21. The van der Waals surface area contributed by atoms with Crippen molar-refractivity contribution in [1.29, 1.82) is 0 Å². The Balaban J connectivity index is 3.14. The first-order chi connectivity index (χ1) is 6.33. The van der Waals surface area contributed by atoms with Crippen molar-refractivity contribution in [3.8, 4) is 0 Å². The van der Waals surface area contributed by atoms with Crippen molar-refractivity contribution in [3.05, 3.63) is 23.7 Å². The zero-order valence-corrected chi connectivity index (χ0v) is 10.2. The molecule has 0 radical (unpaired) electrons. The van der Waals surface area contributed by atoms with Crippen LogP contribution in [0.25, 0.3) is 0 Å². The Labute approximate surface area is 94.5 Å². The average molecular weight is 237 g/mol. The number of rotatable bonds is 2. The third-order valence-corrected chi connectivity index (χ3v) is 2.80. The molecule has 0 heterocycles. The molecule has 0 spiro atoms. The summed E-state index contributed by atoms with van der Waals surface area (Å²) in [6, 6.07) is 0. The van der Waals surface area contributed by atoms with Crippen LogP contribution in [0.5, 0.6) is 0 Å². The molecule has 0 aromatic rings. The van der Waals surface area contributed by atoms with E-state index in [4.69, 9.17) is 32.7 Å². The van der Waals surface area contributed by atoms with Gasteiger partial charge in [0.15, 0.2) is 0 Å². The van der Waals surface area contributed by atoms with Gasteiger partial charge in [-0.1, -0.05) is 0 Å². The van der Waals surface area contributed by atoms with Crippen molar-refractivity contribution in [2.45, 2.75) is 23.6 Å². The lowest BCUT2D eigenvalue weighted by atomic mass is 9.93. The van der Waals surface area contributed by atoms with Crippen molar-refractivity contribution < 1.29 is 9.47 Å². The summed E-state index contributed by atoms with van der Waals surface area (Å²) in [6.07, 6.45) is 3.53. The van der Waals surface area contributed by atoms with E-state index in [-0.39, 0.29) is 0 Å². The average Bonchev–Trinajstić information content (AvgIpc) is 2.08. The number of allylic oxidation sites excluding steroid dienone is 2. The van der Waals surface area contributed by atoms with Gasteiger partial charge in [0.2, 0.25) is 0 Å². The molecule has 0 saturated carbocycles. The molecule has 0 fully saturated rings. The van der Waals surface area contributed by atoms with Gasteiger partial charge in [-0.3, -0.25) is 0 Å². The molecule has 2 atom stereocenters. The van der Waals surface area contributed by atoms with Crippen molar-refractivity contribution >= 4 is 23.2 Å². The summed E-state index contributed by atoms with van der Waals surface area (Å²) in [5.41, 5.74) is 0. The lowest BCUT2D eigenvalue weighted by Gasteiger charge is -2.32. The SMILES string of the molecule is COC1=CC(C)(Cl)C(OC)=CC1(C)Cl. The first-order valence-corrected chi connectivity index (χ1v) is 5.01. The molecule has 1 aliphatic rings. The maximum atomic E-state index is 6.23. The van der Waals surface area contributed by atoms with Gasteiger partial charge in [0.05, 0.1) is 14.2 Å². The third kappa shape index (κ3) is 2.01. The molecule has 0 aromatic carbocycles. The molecule has 80 valence electrons. The van der Waals surface area contributed by atoms with Crippen molar-refractivity contribution in [2.75, 3.05) is 14.2 Å². The molecule has 14 heavy (non-hydrogen) atoms. The van der Waals surface area contributed by atoms with Crippen LogP contribution in [-0.4, -0.2) is 24.0 Å². The summed E-state index contributed by atoms with van der Waals surface area (Å²) in [5, 5.41) is 0. The van der Waals surface area contributed by atoms with Gasteiger partial charge in [-0.25, -0.2) is 0 Å². The smallest absolute Gasteiger partial charge is 0.120 e. The van der Waals surface area contributed by atoms with Crippen LogP contribution in [0.2, 0.25) is 0 Å². The van der Waals surface area contributed by atoms with E-state index >= 15 is 0 Å². The van der Waals surface area contributed by atoms with Crippen LogP contribution < -0.4 is 0 Å².